The Hall–Kier alpha value is -2.84. The van der Waals surface area contributed by atoms with Gasteiger partial charge in [-0.2, -0.15) is 0 Å². The number of amides is 1. The number of aliphatic carboxylic acids is 1. The maximum atomic E-state index is 11.7. The van der Waals surface area contributed by atoms with E-state index in [-0.39, 0.29) is 17.9 Å². The second kappa shape index (κ2) is 7.62. The number of carboxylic acid groups (broad SMARTS) is 1. The van der Waals surface area contributed by atoms with Crippen LogP contribution in [0.1, 0.15) is 26.3 Å². The van der Waals surface area contributed by atoms with Crippen LogP contribution in [0.5, 0.6) is 5.75 Å². The average molecular weight is 340 g/mol. The van der Waals surface area contributed by atoms with Gasteiger partial charge in [-0.3, -0.25) is 10.1 Å². The van der Waals surface area contributed by atoms with Gasteiger partial charge in [0.2, 0.25) is 0 Å². The number of alkyl carbamates (subject to hydrolysis) is 1. The number of carbonyl (C=O) groups excluding carboxylic acids is 1. The van der Waals surface area contributed by atoms with Crippen molar-refractivity contribution in [3.05, 3.63) is 33.9 Å². The molecule has 1 rings (SSSR count). The summed E-state index contributed by atoms with van der Waals surface area (Å²) < 4.78 is 9.90. The third kappa shape index (κ3) is 5.75. The molecule has 132 valence electrons. The molecule has 0 aromatic heterocycles. The molecule has 0 fully saturated rings. The maximum Gasteiger partial charge on any atom is 0.408 e. The highest BCUT2D eigenvalue weighted by molar-refractivity contribution is 5.80. The van der Waals surface area contributed by atoms with Gasteiger partial charge >= 0.3 is 17.7 Å². The normalized spacial score (nSPS) is 12.2. The molecule has 0 bridgehead atoms. The number of ether oxygens (including phenoxy) is 2. The minimum Gasteiger partial charge on any atom is -0.490 e. The van der Waals surface area contributed by atoms with Gasteiger partial charge in [0.1, 0.15) is 11.6 Å². The number of carbonyl (C=O) groups is 2. The molecule has 1 aromatic carbocycles. The first-order valence-corrected chi connectivity index (χ1v) is 7.07. The van der Waals surface area contributed by atoms with Crippen molar-refractivity contribution >= 4 is 17.7 Å². The van der Waals surface area contributed by atoms with E-state index in [0.717, 1.165) is 0 Å². The zero-order valence-corrected chi connectivity index (χ0v) is 13.9. The van der Waals surface area contributed by atoms with E-state index in [2.05, 4.69) is 5.32 Å². The van der Waals surface area contributed by atoms with Gasteiger partial charge in [-0.25, -0.2) is 9.59 Å². The molecule has 1 unspecified atom stereocenters. The van der Waals surface area contributed by atoms with E-state index in [0.29, 0.717) is 5.56 Å². The van der Waals surface area contributed by atoms with Crippen LogP contribution in [0.4, 0.5) is 10.5 Å². The average Bonchev–Trinajstić information content (AvgIpc) is 2.44. The Labute approximate surface area is 138 Å². The SMILES string of the molecule is COc1ccc(CC(NC(=O)OC(C)(C)C)C(=O)O)cc1[N+](=O)[O-]. The Kier molecular flexibility index (Phi) is 6.10. The summed E-state index contributed by atoms with van der Waals surface area (Å²) in [5.74, 6) is -1.21. The Morgan fingerprint density at radius 3 is 2.46 bits per heavy atom. The monoisotopic (exact) mass is 340 g/mol. The minimum atomic E-state index is -1.28. The Morgan fingerprint density at radius 2 is 2.00 bits per heavy atom. The van der Waals surface area contributed by atoms with Gasteiger partial charge in [-0.1, -0.05) is 6.07 Å². The second-order valence-electron chi connectivity index (χ2n) is 6.00. The van der Waals surface area contributed by atoms with Crippen molar-refractivity contribution in [3.63, 3.8) is 0 Å². The quantitative estimate of drug-likeness (QED) is 0.599. The molecular weight excluding hydrogens is 320 g/mol. The number of methoxy groups -OCH3 is 1. The number of nitrogens with zero attached hydrogens (tertiary/aromatic N) is 1. The number of hydrogen-bond acceptors (Lipinski definition) is 6. The summed E-state index contributed by atoms with van der Waals surface area (Å²) in [6.07, 6.45) is -1.02. The third-order valence-electron chi connectivity index (χ3n) is 2.87. The minimum absolute atomic E-state index is 0.0655. The molecule has 1 aromatic rings. The first-order chi connectivity index (χ1) is 11.0. The van der Waals surface area contributed by atoms with Gasteiger partial charge in [-0.05, 0) is 32.4 Å². The van der Waals surface area contributed by atoms with E-state index in [4.69, 9.17) is 9.47 Å². The summed E-state index contributed by atoms with van der Waals surface area (Å²) in [5, 5.41) is 22.5. The number of hydrogen-bond donors (Lipinski definition) is 2. The summed E-state index contributed by atoms with van der Waals surface area (Å²) in [6, 6.07) is 2.80. The predicted octanol–water partition coefficient (Wildman–Crippen LogP) is 2.12. The summed E-state index contributed by atoms with van der Waals surface area (Å²) in [7, 11) is 1.30. The van der Waals surface area contributed by atoms with Crippen LogP contribution in [0, 0.1) is 10.1 Å². The summed E-state index contributed by atoms with van der Waals surface area (Å²) in [4.78, 5) is 33.4. The lowest BCUT2D eigenvalue weighted by Gasteiger charge is -2.22. The number of carboxylic acids is 1. The van der Waals surface area contributed by atoms with E-state index in [1.807, 2.05) is 0 Å². The molecule has 0 saturated heterocycles. The number of nitrogens with one attached hydrogen (secondary N) is 1. The van der Waals surface area contributed by atoms with Crippen LogP contribution in [-0.4, -0.2) is 40.8 Å². The summed E-state index contributed by atoms with van der Waals surface area (Å²) in [6.45, 7) is 4.94. The lowest BCUT2D eigenvalue weighted by atomic mass is 10.0. The molecule has 0 aliphatic rings. The molecule has 0 heterocycles. The van der Waals surface area contributed by atoms with Gasteiger partial charge in [0.05, 0.1) is 12.0 Å². The maximum absolute atomic E-state index is 11.7. The molecule has 0 spiro atoms. The zero-order valence-electron chi connectivity index (χ0n) is 13.9. The van der Waals surface area contributed by atoms with Gasteiger partial charge < -0.3 is 19.9 Å². The zero-order chi connectivity index (χ0) is 18.5. The smallest absolute Gasteiger partial charge is 0.408 e. The molecule has 0 aliphatic carbocycles. The van der Waals surface area contributed by atoms with Crippen molar-refractivity contribution in [2.45, 2.75) is 38.8 Å². The fraction of sp³-hybridized carbons (Fsp3) is 0.467. The molecule has 9 heteroatoms. The number of rotatable bonds is 6. The van der Waals surface area contributed by atoms with Crippen LogP contribution in [0.25, 0.3) is 0 Å². The van der Waals surface area contributed by atoms with Crippen LogP contribution in [0.2, 0.25) is 0 Å². The van der Waals surface area contributed by atoms with Gasteiger partial charge in [-0.15, -0.1) is 0 Å². The molecule has 24 heavy (non-hydrogen) atoms. The third-order valence-corrected chi connectivity index (χ3v) is 2.87. The van der Waals surface area contributed by atoms with E-state index >= 15 is 0 Å². The molecule has 0 aliphatic heterocycles. The lowest BCUT2D eigenvalue weighted by Crippen LogP contribution is -2.44. The van der Waals surface area contributed by atoms with Crippen LogP contribution < -0.4 is 10.1 Å². The lowest BCUT2D eigenvalue weighted by molar-refractivity contribution is -0.385. The topological polar surface area (TPSA) is 128 Å². The Bertz CT molecular complexity index is 637. The van der Waals surface area contributed by atoms with E-state index < -0.39 is 28.6 Å². The summed E-state index contributed by atoms with van der Waals surface area (Å²) >= 11 is 0. The van der Waals surface area contributed by atoms with Gasteiger partial charge in [0.25, 0.3) is 0 Å². The van der Waals surface area contributed by atoms with Crippen molar-refractivity contribution in [2.24, 2.45) is 0 Å². The van der Waals surface area contributed by atoms with Gasteiger partial charge in [0, 0.05) is 12.5 Å². The molecule has 9 nitrogen and oxygen atoms in total. The van der Waals surface area contributed by atoms with Crippen molar-refractivity contribution in [2.75, 3.05) is 7.11 Å². The molecule has 1 amide bonds. The first-order valence-electron chi connectivity index (χ1n) is 7.07. The molecule has 0 saturated carbocycles. The largest absolute Gasteiger partial charge is 0.490 e. The van der Waals surface area contributed by atoms with Gasteiger partial charge in [0.15, 0.2) is 5.75 Å². The summed E-state index contributed by atoms with van der Waals surface area (Å²) in [5.41, 5.74) is -0.686. The molecular formula is C15H20N2O7. The van der Waals surface area contributed by atoms with Crippen LogP contribution in [0.15, 0.2) is 18.2 Å². The van der Waals surface area contributed by atoms with Crippen LogP contribution in [-0.2, 0) is 16.0 Å². The van der Waals surface area contributed by atoms with Crippen molar-refractivity contribution in [3.8, 4) is 5.75 Å². The fourth-order valence-electron chi connectivity index (χ4n) is 1.89. The highest BCUT2D eigenvalue weighted by Crippen LogP contribution is 2.28. The highest BCUT2D eigenvalue weighted by Gasteiger charge is 2.25. The number of nitro groups is 1. The first kappa shape index (κ1) is 19.2. The van der Waals surface area contributed by atoms with Crippen molar-refractivity contribution in [1.82, 2.24) is 5.32 Å². The second-order valence-corrected chi connectivity index (χ2v) is 6.00. The van der Waals surface area contributed by atoms with E-state index in [9.17, 15) is 24.8 Å². The number of nitro benzene ring substituents is 1. The predicted molar refractivity (Wildman–Crippen MR) is 84.1 cm³/mol. The van der Waals surface area contributed by atoms with E-state index in [1.165, 1.54) is 25.3 Å². The van der Waals surface area contributed by atoms with Crippen molar-refractivity contribution < 1.29 is 29.1 Å². The Balaban J connectivity index is 2.93. The Morgan fingerprint density at radius 1 is 1.38 bits per heavy atom. The van der Waals surface area contributed by atoms with Crippen LogP contribution in [0.3, 0.4) is 0 Å². The van der Waals surface area contributed by atoms with Crippen LogP contribution >= 0.6 is 0 Å². The number of benzene rings is 1. The standard InChI is InChI=1S/C15H20N2O7/c1-15(2,3)24-14(20)16-10(13(18)19)7-9-5-6-12(23-4)11(8-9)17(21)22/h5-6,8,10H,7H2,1-4H3,(H,16,20)(H,18,19). The molecule has 0 radical (unpaired) electrons. The highest BCUT2D eigenvalue weighted by atomic mass is 16.6. The van der Waals surface area contributed by atoms with E-state index in [1.54, 1.807) is 20.8 Å². The molecule has 1 atom stereocenters. The van der Waals surface area contributed by atoms with Crippen molar-refractivity contribution in [1.29, 1.82) is 0 Å². The fourth-order valence-corrected chi connectivity index (χ4v) is 1.89. The molecule has 2 N–H and O–H groups in total.